The van der Waals surface area contributed by atoms with E-state index in [1.54, 1.807) is 39.0 Å². The molecule has 158 valence electrons. The standard InChI is InChI=1S/C24H24BrF2NO2/c1-6-28-14(2)20(23(29)30-24(3,4)5)21(16-11-17(25)13-19(27)12-16)22(28)15-7-9-18(26)10-8-15/h7-13H,6H2,1-5H3. The van der Waals surface area contributed by atoms with Crippen molar-refractivity contribution in [2.75, 3.05) is 0 Å². The largest absolute Gasteiger partial charge is 0.456 e. The normalized spacial score (nSPS) is 11.6. The van der Waals surface area contributed by atoms with E-state index in [-0.39, 0.29) is 5.82 Å². The lowest BCUT2D eigenvalue weighted by atomic mass is 9.96. The molecule has 0 radical (unpaired) electrons. The summed E-state index contributed by atoms with van der Waals surface area (Å²) in [4.78, 5) is 13.2. The van der Waals surface area contributed by atoms with Crippen LogP contribution >= 0.6 is 15.9 Å². The van der Waals surface area contributed by atoms with E-state index in [4.69, 9.17) is 4.74 Å². The van der Waals surface area contributed by atoms with Gasteiger partial charge in [-0.25, -0.2) is 13.6 Å². The molecule has 3 nitrogen and oxygen atoms in total. The maximum absolute atomic E-state index is 14.3. The molecule has 30 heavy (non-hydrogen) atoms. The molecule has 0 amide bonds. The summed E-state index contributed by atoms with van der Waals surface area (Å²) in [5.74, 6) is -1.26. The maximum atomic E-state index is 14.3. The van der Waals surface area contributed by atoms with Crippen molar-refractivity contribution in [2.45, 2.75) is 46.8 Å². The van der Waals surface area contributed by atoms with Gasteiger partial charge < -0.3 is 9.30 Å². The molecular formula is C24H24BrF2NO2. The van der Waals surface area contributed by atoms with Gasteiger partial charge >= 0.3 is 5.97 Å². The first-order valence-corrected chi connectivity index (χ1v) is 10.5. The molecule has 0 saturated carbocycles. The Hall–Kier alpha value is -2.47. The van der Waals surface area contributed by atoms with Gasteiger partial charge in [0, 0.05) is 22.3 Å². The molecule has 0 atom stereocenters. The van der Waals surface area contributed by atoms with Crippen molar-refractivity contribution < 1.29 is 18.3 Å². The van der Waals surface area contributed by atoms with Gasteiger partial charge in [0.2, 0.25) is 0 Å². The van der Waals surface area contributed by atoms with Gasteiger partial charge in [-0.3, -0.25) is 0 Å². The summed E-state index contributed by atoms with van der Waals surface area (Å²) in [6.07, 6.45) is 0. The van der Waals surface area contributed by atoms with Gasteiger partial charge in [0.05, 0.1) is 11.3 Å². The van der Waals surface area contributed by atoms with Crippen LogP contribution in [0.15, 0.2) is 46.9 Å². The highest BCUT2D eigenvalue weighted by Gasteiger charge is 2.30. The van der Waals surface area contributed by atoms with Crippen molar-refractivity contribution in [1.82, 2.24) is 4.57 Å². The maximum Gasteiger partial charge on any atom is 0.341 e. The highest BCUT2D eigenvalue weighted by atomic mass is 79.9. The summed E-state index contributed by atoms with van der Waals surface area (Å²) >= 11 is 3.34. The van der Waals surface area contributed by atoms with Crippen LogP contribution in [0.5, 0.6) is 0 Å². The minimum absolute atomic E-state index is 0.354. The molecule has 0 aliphatic heterocycles. The summed E-state index contributed by atoms with van der Waals surface area (Å²) in [5, 5.41) is 0. The third-order valence-electron chi connectivity index (χ3n) is 4.71. The first kappa shape index (κ1) is 22.2. The monoisotopic (exact) mass is 475 g/mol. The van der Waals surface area contributed by atoms with Gasteiger partial charge in [-0.15, -0.1) is 0 Å². The molecule has 1 heterocycles. The number of hydrogen-bond acceptors (Lipinski definition) is 2. The number of carbonyl (C=O) groups excluding carboxylic acids is 1. The second kappa shape index (κ2) is 8.34. The number of nitrogens with zero attached hydrogens (tertiary/aromatic N) is 1. The molecule has 0 N–H and O–H groups in total. The zero-order chi connectivity index (χ0) is 22.2. The number of halogens is 3. The van der Waals surface area contributed by atoms with Gasteiger partial charge in [0.15, 0.2) is 0 Å². The lowest BCUT2D eigenvalue weighted by Gasteiger charge is -2.20. The molecule has 3 aromatic rings. The average molecular weight is 476 g/mol. The number of esters is 1. The Morgan fingerprint density at radius 3 is 2.20 bits per heavy atom. The van der Waals surface area contributed by atoms with Gasteiger partial charge in [0.25, 0.3) is 0 Å². The molecule has 0 spiro atoms. The molecule has 0 fully saturated rings. The Morgan fingerprint density at radius 1 is 1.03 bits per heavy atom. The number of benzene rings is 2. The number of aromatic nitrogens is 1. The van der Waals surface area contributed by atoms with Crippen molar-refractivity contribution in [3.63, 3.8) is 0 Å². The Labute approximate surface area is 183 Å². The van der Waals surface area contributed by atoms with Crippen LogP contribution in [-0.2, 0) is 11.3 Å². The van der Waals surface area contributed by atoms with E-state index >= 15 is 0 Å². The van der Waals surface area contributed by atoms with Crippen LogP contribution in [0.3, 0.4) is 0 Å². The highest BCUT2D eigenvalue weighted by Crippen LogP contribution is 2.41. The predicted molar refractivity (Wildman–Crippen MR) is 118 cm³/mol. The predicted octanol–water partition coefficient (Wildman–Crippen LogP) is 7.15. The van der Waals surface area contributed by atoms with Crippen LogP contribution in [0.2, 0.25) is 0 Å². The van der Waals surface area contributed by atoms with Gasteiger partial charge in [0.1, 0.15) is 17.2 Å². The Bertz CT molecular complexity index is 1080. The van der Waals surface area contributed by atoms with Crippen LogP contribution in [-0.4, -0.2) is 16.1 Å². The number of rotatable bonds is 4. The van der Waals surface area contributed by atoms with E-state index in [0.717, 1.165) is 5.56 Å². The molecule has 3 rings (SSSR count). The molecule has 0 unspecified atom stereocenters. The minimum Gasteiger partial charge on any atom is -0.456 e. The molecule has 1 aromatic heterocycles. The van der Waals surface area contributed by atoms with E-state index < -0.39 is 17.4 Å². The first-order valence-electron chi connectivity index (χ1n) is 9.70. The Morgan fingerprint density at radius 2 is 1.67 bits per heavy atom. The van der Waals surface area contributed by atoms with Gasteiger partial charge in [-0.1, -0.05) is 15.9 Å². The lowest BCUT2D eigenvalue weighted by molar-refractivity contribution is 0.00695. The zero-order valence-electron chi connectivity index (χ0n) is 17.6. The Balaban J connectivity index is 2.39. The SMILES string of the molecule is CCn1c(C)c(C(=O)OC(C)(C)C)c(-c2cc(F)cc(Br)c2)c1-c1ccc(F)cc1. The quantitative estimate of drug-likeness (QED) is 0.375. The average Bonchev–Trinajstić information content (AvgIpc) is 2.92. The van der Waals surface area contributed by atoms with E-state index in [2.05, 4.69) is 15.9 Å². The van der Waals surface area contributed by atoms with Gasteiger partial charge in [-0.2, -0.15) is 0 Å². The van der Waals surface area contributed by atoms with Crippen molar-refractivity contribution in [3.8, 4) is 22.4 Å². The van der Waals surface area contributed by atoms with Crippen molar-refractivity contribution in [2.24, 2.45) is 0 Å². The molecule has 0 aliphatic carbocycles. The zero-order valence-corrected chi connectivity index (χ0v) is 19.2. The third-order valence-corrected chi connectivity index (χ3v) is 5.17. The Kier molecular flexibility index (Phi) is 6.18. The van der Waals surface area contributed by atoms with Crippen LogP contribution < -0.4 is 0 Å². The number of hydrogen-bond donors (Lipinski definition) is 0. The molecule has 6 heteroatoms. The molecule has 0 aliphatic rings. The van der Waals surface area contributed by atoms with E-state index in [0.29, 0.717) is 39.1 Å². The molecular weight excluding hydrogens is 452 g/mol. The summed E-state index contributed by atoms with van der Waals surface area (Å²) in [7, 11) is 0. The van der Waals surface area contributed by atoms with Crippen LogP contribution in [0, 0.1) is 18.6 Å². The minimum atomic E-state index is -0.687. The fourth-order valence-corrected chi connectivity index (χ4v) is 4.06. The van der Waals surface area contributed by atoms with Crippen LogP contribution in [0.25, 0.3) is 22.4 Å². The van der Waals surface area contributed by atoms with Crippen molar-refractivity contribution in [1.29, 1.82) is 0 Å². The first-order chi connectivity index (χ1) is 14.0. The summed E-state index contributed by atoms with van der Waals surface area (Å²) in [5.41, 5.74) is 2.95. The third kappa shape index (κ3) is 4.48. The van der Waals surface area contributed by atoms with Crippen molar-refractivity contribution in [3.05, 3.63) is 69.8 Å². The summed E-state index contributed by atoms with van der Waals surface area (Å²) in [6, 6.07) is 10.6. The van der Waals surface area contributed by atoms with Crippen LogP contribution in [0.4, 0.5) is 8.78 Å². The topological polar surface area (TPSA) is 31.2 Å². The molecule has 0 saturated heterocycles. The summed E-state index contributed by atoms with van der Waals surface area (Å²) < 4.78 is 36.1. The van der Waals surface area contributed by atoms with Crippen LogP contribution in [0.1, 0.15) is 43.7 Å². The number of ether oxygens (including phenoxy) is 1. The van der Waals surface area contributed by atoms with E-state index in [1.165, 1.54) is 24.3 Å². The number of carbonyl (C=O) groups is 1. The molecule has 0 bridgehead atoms. The lowest BCUT2D eigenvalue weighted by Crippen LogP contribution is -2.24. The fraction of sp³-hybridized carbons (Fsp3) is 0.292. The smallest absolute Gasteiger partial charge is 0.341 e. The second-order valence-corrected chi connectivity index (χ2v) is 9.01. The van der Waals surface area contributed by atoms with Crippen molar-refractivity contribution >= 4 is 21.9 Å². The van der Waals surface area contributed by atoms with E-state index in [1.807, 2.05) is 18.4 Å². The highest BCUT2D eigenvalue weighted by molar-refractivity contribution is 9.10. The summed E-state index contributed by atoms with van der Waals surface area (Å²) in [6.45, 7) is 9.78. The molecule has 2 aromatic carbocycles. The second-order valence-electron chi connectivity index (χ2n) is 8.10. The fourth-order valence-electron chi connectivity index (χ4n) is 3.60. The van der Waals surface area contributed by atoms with E-state index in [9.17, 15) is 13.6 Å². The van der Waals surface area contributed by atoms with Gasteiger partial charge in [-0.05, 0) is 88.2 Å².